The molecular formula is C15H23IN2O. The van der Waals surface area contributed by atoms with Gasteiger partial charge in [-0.2, -0.15) is 0 Å². The zero-order valence-corrected chi connectivity index (χ0v) is 14.2. The summed E-state index contributed by atoms with van der Waals surface area (Å²) < 4.78 is 0.763. The van der Waals surface area contributed by atoms with E-state index in [4.69, 9.17) is 4.98 Å². The van der Waals surface area contributed by atoms with Gasteiger partial charge in [0.25, 0.3) is 5.56 Å². The van der Waals surface area contributed by atoms with E-state index in [2.05, 4.69) is 48.3 Å². The lowest BCUT2D eigenvalue weighted by Gasteiger charge is -2.26. The van der Waals surface area contributed by atoms with Crippen LogP contribution >= 0.6 is 22.6 Å². The number of nitrogens with zero attached hydrogens (tertiary/aromatic N) is 1. The minimum Gasteiger partial charge on any atom is -0.309 e. The van der Waals surface area contributed by atoms with E-state index in [0.717, 1.165) is 40.3 Å². The molecule has 1 heterocycles. The van der Waals surface area contributed by atoms with Gasteiger partial charge in [-0.05, 0) is 53.7 Å². The maximum Gasteiger partial charge on any atom is 0.264 e. The summed E-state index contributed by atoms with van der Waals surface area (Å²) in [5.74, 6) is 2.64. The number of rotatable bonds is 3. The van der Waals surface area contributed by atoms with Gasteiger partial charge in [0.2, 0.25) is 0 Å². The molecular weight excluding hydrogens is 351 g/mol. The van der Waals surface area contributed by atoms with Crippen molar-refractivity contribution in [1.82, 2.24) is 9.97 Å². The molecule has 0 amide bonds. The molecule has 1 aliphatic rings. The van der Waals surface area contributed by atoms with Gasteiger partial charge in [0.05, 0.1) is 9.26 Å². The van der Waals surface area contributed by atoms with E-state index in [9.17, 15) is 4.79 Å². The van der Waals surface area contributed by atoms with E-state index in [1.807, 2.05) is 0 Å². The van der Waals surface area contributed by atoms with Crippen LogP contribution in [0.4, 0.5) is 0 Å². The molecule has 2 unspecified atom stereocenters. The molecule has 1 aliphatic carbocycles. The third kappa shape index (κ3) is 3.80. The lowest BCUT2D eigenvalue weighted by molar-refractivity contribution is 0.334. The van der Waals surface area contributed by atoms with Gasteiger partial charge in [0, 0.05) is 5.92 Å². The highest BCUT2D eigenvalue weighted by Crippen LogP contribution is 2.34. The minimum absolute atomic E-state index is 0.0412. The second-order valence-electron chi connectivity index (χ2n) is 6.28. The summed E-state index contributed by atoms with van der Waals surface area (Å²) in [5, 5.41) is 0. The average Bonchev–Trinajstić information content (AvgIpc) is 2.34. The molecule has 2 rings (SSSR count). The van der Waals surface area contributed by atoms with Crippen molar-refractivity contribution < 1.29 is 0 Å². The maximum absolute atomic E-state index is 12.1. The summed E-state index contributed by atoms with van der Waals surface area (Å²) in [6.45, 7) is 6.63. The fourth-order valence-corrected chi connectivity index (χ4v) is 3.40. The first-order valence-corrected chi connectivity index (χ1v) is 8.33. The highest BCUT2D eigenvalue weighted by atomic mass is 127. The Labute approximate surface area is 128 Å². The van der Waals surface area contributed by atoms with Gasteiger partial charge in [-0.15, -0.1) is 0 Å². The average molecular weight is 374 g/mol. The fraction of sp³-hybridized carbons (Fsp3) is 0.733. The molecule has 1 fully saturated rings. The summed E-state index contributed by atoms with van der Waals surface area (Å²) in [5.41, 5.74) is 1.02. The van der Waals surface area contributed by atoms with Gasteiger partial charge < -0.3 is 4.98 Å². The molecule has 0 radical (unpaired) electrons. The zero-order chi connectivity index (χ0) is 14.0. The van der Waals surface area contributed by atoms with Gasteiger partial charge in [-0.3, -0.25) is 4.79 Å². The summed E-state index contributed by atoms with van der Waals surface area (Å²) in [6, 6.07) is 0. The molecule has 1 aromatic heterocycles. The van der Waals surface area contributed by atoms with Crippen LogP contribution in [0, 0.1) is 15.4 Å². The van der Waals surface area contributed by atoms with E-state index >= 15 is 0 Å². The number of hydrogen-bond acceptors (Lipinski definition) is 2. The van der Waals surface area contributed by atoms with Crippen molar-refractivity contribution in [3.8, 4) is 0 Å². The van der Waals surface area contributed by atoms with Crippen LogP contribution in [0.3, 0.4) is 0 Å². The Morgan fingerprint density at radius 1 is 1.42 bits per heavy atom. The number of aromatic nitrogens is 2. The molecule has 19 heavy (non-hydrogen) atoms. The lowest BCUT2D eigenvalue weighted by atomic mass is 9.82. The monoisotopic (exact) mass is 374 g/mol. The smallest absolute Gasteiger partial charge is 0.264 e. The van der Waals surface area contributed by atoms with Crippen LogP contribution in [0.25, 0.3) is 0 Å². The second-order valence-corrected chi connectivity index (χ2v) is 7.36. The number of H-pyrrole nitrogens is 1. The Hall–Kier alpha value is -0.390. The van der Waals surface area contributed by atoms with Crippen LogP contribution in [-0.2, 0) is 6.42 Å². The lowest BCUT2D eigenvalue weighted by Crippen LogP contribution is -2.23. The quantitative estimate of drug-likeness (QED) is 0.817. The summed E-state index contributed by atoms with van der Waals surface area (Å²) >= 11 is 2.12. The molecule has 1 saturated carbocycles. The van der Waals surface area contributed by atoms with Crippen molar-refractivity contribution in [3.63, 3.8) is 0 Å². The van der Waals surface area contributed by atoms with E-state index < -0.39 is 0 Å². The van der Waals surface area contributed by atoms with Crippen LogP contribution in [0.1, 0.15) is 63.9 Å². The Morgan fingerprint density at radius 2 is 2.16 bits per heavy atom. The normalized spacial score (nSPS) is 23.8. The van der Waals surface area contributed by atoms with Crippen molar-refractivity contribution >= 4 is 22.6 Å². The molecule has 0 aromatic carbocycles. The van der Waals surface area contributed by atoms with Crippen LogP contribution in [-0.4, -0.2) is 9.97 Å². The molecule has 0 saturated heterocycles. The third-order valence-corrected chi connectivity index (χ3v) is 4.99. The summed E-state index contributed by atoms with van der Waals surface area (Å²) in [7, 11) is 0. The standard InChI is InChI=1S/C15H23IN2O/c1-9(2)7-12-13(16)15(19)18-14(17-12)11-6-4-5-10(3)8-11/h9-11H,4-8H2,1-3H3,(H,17,18,19). The first-order valence-electron chi connectivity index (χ1n) is 7.26. The molecule has 4 heteroatoms. The minimum atomic E-state index is 0.0412. The number of halogens is 1. The van der Waals surface area contributed by atoms with Crippen molar-refractivity contribution in [2.75, 3.05) is 0 Å². The number of hydrogen-bond donors (Lipinski definition) is 1. The highest BCUT2D eigenvalue weighted by molar-refractivity contribution is 14.1. The molecule has 1 N–H and O–H groups in total. The van der Waals surface area contributed by atoms with Crippen molar-refractivity contribution in [2.45, 2.75) is 58.8 Å². The molecule has 0 aliphatic heterocycles. The van der Waals surface area contributed by atoms with E-state index in [-0.39, 0.29) is 5.56 Å². The number of aromatic amines is 1. The van der Waals surface area contributed by atoms with Crippen LogP contribution in [0.2, 0.25) is 0 Å². The molecule has 1 aromatic rings. The van der Waals surface area contributed by atoms with Gasteiger partial charge in [-0.1, -0.05) is 33.6 Å². The van der Waals surface area contributed by atoms with E-state index in [1.54, 1.807) is 0 Å². The maximum atomic E-state index is 12.1. The molecule has 0 bridgehead atoms. The Kier molecular flexibility index (Phi) is 5.03. The predicted octanol–water partition coefficient (Wildman–Crippen LogP) is 3.87. The van der Waals surface area contributed by atoms with Crippen LogP contribution in [0.5, 0.6) is 0 Å². The van der Waals surface area contributed by atoms with Gasteiger partial charge in [0.15, 0.2) is 0 Å². The predicted molar refractivity (Wildman–Crippen MR) is 86.5 cm³/mol. The third-order valence-electron chi connectivity index (χ3n) is 3.87. The first-order chi connectivity index (χ1) is 8.97. The SMILES string of the molecule is CC(C)Cc1nc(C2CCCC(C)C2)[nH]c(=O)c1I. The summed E-state index contributed by atoms with van der Waals surface area (Å²) in [4.78, 5) is 19.8. The zero-order valence-electron chi connectivity index (χ0n) is 12.0. The van der Waals surface area contributed by atoms with Crippen molar-refractivity contribution in [2.24, 2.45) is 11.8 Å². The van der Waals surface area contributed by atoms with Gasteiger partial charge >= 0.3 is 0 Å². The Bertz CT molecular complexity index is 495. The van der Waals surface area contributed by atoms with E-state index in [0.29, 0.717) is 11.8 Å². The van der Waals surface area contributed by atoms with Crippen LogP contribution < -0.4 is 5.56 Å². The van der Waals surface area contributed by atoms with Gasteiger partial charge in [0.1, 0.15) is 5.82 Å². The first kappa shape index (κ1) is 15.0. The second kappa shape index (κ2) is 6.37. The highest BCUT2D eigenvalue weighted by Gasteiger charge is 2.23. The molecule has 106 valence electrons. The van der Waals surface area contributed by atoms with Crippen molar-refractivity contribution in [3.05, 3.63) is 25.4 Å². The summed E-state index contributed by atoms with van der Waals surface area (Å²) in [6.07, 6.45) is 5.77. The Balaban J connectivity index is 2.30. The number of nitrogens with one attached hydrogen (secondary N) is 1. The molecule has 3 nitrogen and oxygen atoms in total. The van der Waals surface area contributed by atoms with Crippen LogP contribution in [0.15, 0.2) is 4.79 Å². The van der Waals surface area contributed by atoms with E-state index in [1.165, 1.54) is 12.8 Å². The molecule has 0 spiro atoms. The Morgan fingerprint density at radius 3 is 2.79 bits per heavy atom. The molecule has 2 atom stereocenters. The van der Waals surface area contributed by atoms with Crippen molar-refractivity contribution in [1.29, 1.82) is 0 Å². The van der Waals surface area contributed by atoms with Gasteiger partial charge in [-0.25, -0.2) is 4.98 Å². The fourth-order valence-electron chi connectivity index (χ4n) is 2.92. The topological polar surface area (TPSA) is 45.8 Å². The largest absolute Gasteiger partial charge is 0.309 e.